The van der Waals surface area contributed by atoms with Gasteiger partial charge in [-0.05, 0) is 18.9 Å². The first-order valence-electron chi connectivity index (χ1n) is 3.70. The number of hydrogen-bond donors (Lipinski definition) is 1. The monoisotopic (exact) mass is 239 g/mol. The third-order valence-electron chi connectivity index (χ3n) is 1.70. The van der Waals surface area contributed by atoms with Crippen molar-refractivity contribution < 1.29 is 0 Å². The van der Waals surface area contributed by atoms with Crippen LogP contribution in [-0.2, 0) is 0 Å². The third-order valence-corrected chi connectivity index (χ3v) is 2.24. The summed E-state index contributed by atoms with van der Waals surface area (Å²) in [5, 5.41) is 3.40. The van der Waals surface area contributed by atoms with Crippen molar-refractivity contribution in [2.75, 3.05) is 17.5 Å². The predicted octanol–water partition coefficient (Wildman–Crippen LogP) is 1.81. The summed E-state index contributed by atoms with van der Waals surface area (Å²) in [5.41, 5.74) is 0. The summed E-state index contributed by atoms with van der Waals surface area (Å²) in [5.74, 6) is 1.09. The van der Waals surface area contributed by atoms with Crippen LogP contribution in [0, 0.1) is 5.92 Å². The lowest BCUT2D eigenvalue weighted by Crippen LogP contribution is -2.17. The summed E-state index contributed by atoms with van der Waals surface area (Å²) >= 11 is 2.40. The first-order valence-corrected chi connectivity index (χ1v) is 5.22. The Morgan fingerprint density at radius 2 is 2.11 bits per heavy atom. The molecule has 0 aromatic carbocycles. The van der Waals surface area contributed by atoms with Crippen molar-refractivity contribution in [1.82, 2.24) is 5.32 Å². The highest BCUT2D eigenvalue weighted by Gasteiger charge is 2.19. The Kier molecular flexibility index (Phi) is 3.89. The summed E-state index contributed by atoms with van der Waals surface area (Å²) in [6.07, 6.45) is 4.40. The average molecular weight is 239 g/mol. The largest absolute Gasteiger partial charge is 0.316 e. The molecule has 0 spiro atoms. The molecule has 1 fully saturated rings. The van der Waals surface area contributed by atoms with Crippen molar-refractivity contribution in [1.29, 1.82) is 0 Å². The average Bonchev–Trinajstić information content (AvgIpc) is 2.63. The first-order chi connectivity index (χ1) is 4.43. The normalized spacial score (nSPS) is 18.3. The topological polar surface area (TPSA) is 12.0 Å². The van der Waals surface area contributed by atoms with E-state index in [4.69, 9.17) is 0 Å². The van der Waals surface area contributed by atoms with Crippen LogP contribution >= 0.6 is 22.6 Å². The highest BCUT2D eigenvalue weighted by atomic mass is 127. The number of rotatable bonds is 5. The molecule has 1 saturated carbocycles. The van der Waals surface area contributed by atoms with Crippen molar-refractivity contribution in [2.45, 2.75) is 19.3 Å². The van der Waals surface area contributed by atoms with Gasteiger partial charge in [0.2, 0.25) is 0 Å². The lowest BCUT2D eigenvalue weighted by Gasteiger charge is -1.98. The summed E-state index contributed by atoms with van der Waals surface area (Å²) in [6.45, 7) is 2.43. The quantitative estimate of drug-likeness (QED) is 0.438. The molecule has 0 saturated heterocycles. The molecular weight excluding hydrogens is 225 g/mol. The summed E-state index contributed by atoms with van der Waals surface area (Å²) < 4.78 is 1.24. The molecule has 0 unspecified atom stereocenters. The van der Waals surface area contributed by atoms with Crippen molar-refractivity contribution in [3.8, 4) is 0 Å². The molecule has 0 radical (unpaired) electrons. The van der Waals surface area contributed by atoms with Gasteiger partial charge in [-0.3, -0.25) is 0 Å². The Hall–Kier alpha value is 0.690. The zero-order valence-electron chi connectivity index (χ0n) is 5.70. The van der Waals surface area contributed by atoms with Crippen molar-refractivity contribution in [2.24, 2.45) is 5.92 Å². The van der Waals surface area contributed by atoms with Gasteiger partial charge in [-0.1, -0.05) is 35.4 Å². The minimum Gasteiger partial charge on any atom is -0.316 e. The molecule has 0 atom stereocenters. The number of halogens is 1. The zero-order chi connectivity index (χ0) is 6.53. The summed E-state index contributed by atoms with van der Waals surface area (Å²) in [6, 6.07) is 0. The number of nitrogens with one attached hydrogen (secondary N) is 1. The Morgan fingerprint density at radius 3 is 2.67 bits per heavy atom. The van der Waals surface area contributed by atoms with Crippen molar-refractivity contribution >= 4 is 22.6 Å². The van der Waals surface area contributed by atoms with Crippen LogP contribution in [0.5, 0.6) is 0 Å². The minimum absolute atomic E-state index is 1.09. The summed E-state index contributed by atoms with van der Waals surface area (Å²) in [7, 11) is 0. The molecular formula is C7H14IN. The molecule has 0 aromatic rings. The molecule has 1 N–H and O–H groups in total. The maximum absolute atomic E-state index is 3.40. The third kappa shape index (κ3) is 4.14. The molecule has 0 aliphatic heterocycles. The minimum atomic E-state index is 1.09. The van der Waals surface area contributed by atoms with Crippen LogP contribution in [0.4, 0.5) is 0 Å². The zero-order valence-corrected chi connectivity index (χ0v) is 7.86. The van der Waals surface area contributed by atoms with Gasteiger partial charge in [0.25, 0.3) is 0 Å². The molecule has 54 valence electrons. The van der Waals surface area contributed by atoms with Gasteiger partial charge in [-0.25, -0.2) is 0 Å². The van der Waals surface area contributed by atoms with E-state index in [1.165, 1.54) is 36.8 Å². The summed E-state index contributed by atoms with van der Waals surface area (Å²) in [4.78, 5) is 0. The lowest BCUT2D eigenvalue weighted by molar-refractivity contribution is 0.635. The fraction of sp³-hybridized carbons (Fsp3) is 1.00. The molecule has 1 aliphatic carbocycles. The van der Waals surface area contributed by atoms with E-state index in [9.17, 15) is 0 Å². The van der Waals surface area contributed by atoms with E-state index < -0.39 is 0 Å². The molecule has 0 aromatic heterocycles. The van der Waals surface area contributed by atoms with Crippen LogP contribution in [0.15, 0.2) is 0 Å². The highest BCUT2D eigenvalue weighted by molar-refractivity contribution is 14.1. The maximum atomic E-state index is 3.40. The smallest absolute Gasteiger partial charge is 0.0121 e. The number of hydrogen-bond acceptors (Lipinski definition) is 1. The van der Waals surface area contributed by atoms with E-state index in [-0.39, 0.29) is 0 Å². The van der Waals surface area contributed by atoms with Gasteiger partial charge in [-0.15, -0.1) is 0 Å². The van der Waals surface area contributed by atoms with Crippen molar-refractivity contribution in [3.63, 3.8) is 0 Å². The molecule has 9 heavy (non-hydrogen) atoms. The second-order valence-corrected chi connectivity index (χ2v) is 3.75. The van der Waals surface area contributed by atoms with Gasteiger partial charge in [0.15, 0.2) is 0 Å². The Labute approximate surface area is 70.7 Å². The van der Waals surface area contributed by atoms with Crippen LogP contribution in [-0.4, -0.2) is 17.5 Å². The maximum Gasteiger partial charge on any atom is 0.0121 e. The molecule has 0 bridgehead atoms. The SMILES string of the molecule is ICCNCCC1CC1. The van der Waals surface area contributed by atoms with Gasteiger partial charge in [-0.2, -0.15) is 0 Å². The molecule has 0 amide bonds. The van der Waals surface area contributed by atoms with E-state index in [0.717, 1.165) is 5.92 Å². The van der Waals surface area contributed by atoms with E-state index in [1.807, 2.05) is 0 Å². The van der Waals surface area contributed by atoms with E-state index >= 15 is 0 Å². The number of alkyl halides is 1. The Bertz CT molecular complexity index is 71.3. The molecule has 2 heteroatoms. The van der Waals surface area contributed by atoms with Crippen LogP contribution < -0.4 is 5.32 Å². The van der Waals surface area contributed by atoms with Crippen LogP contribution in [0.1, 0.15) is 19.3 Å². The first kappa shape index (κ1) is 7.79. The highest BCUT2D eigenvalue weighted by Crippen LogP contribution is 2.31. The second kappa shape index (κ2) is 4.50. The second-order valence-electron chi connectivity index (χ2n) is 2.67. The van der Waals surface area contributed by atoms with Crippen LogP contribution in [0.3, 0.4) is 0 Å². The lowest BCUT2D eigenvalue weighted by atomic mass is 10.3. The molecule has 1 rings (SSSR count). The predicted molar refractivity (Wildman–Crippen MR) is 49.1 cm³/mol. The fourth-order valence-corrected chi connectivity index (χ4v) is 1.29. The van der Waals surface area contributed by atoms with E-state index in [1.54, 1.807) is 0 Å². The molecule has 0 heterocycles. The van der Waals surface area contributed by atoms with Gasteiger partial charge in [0.1, 0.15) is 0 Å². The Balaban J connectivity index is 1.71. The standard InChI is InChI=1S/C7H14IN/c8-4-6-9-5-3-7-1-2-7/h7,9H,1-6H2. The fourth-order valence-electron chi connectivity index (χ4n) is 0.905. The Morgan fingerprint density at radius 1 is 1.33 bits per heavy atom. The van der Waals surface area contributed by atoms with Crippen LogP contribution in [0.2, 0.25) is 0 Å². The van der Waals surface area contributed by atoms with Gasteiger partial charge in [0.05, 0.1) is 0 Å². The van der Waals surface area contributed by atoms with Crippen LogP contribution in [0.25, 0.3) is 0 Å². The van der Waals surface area contributed by atoms with E-state index in [0.29, 0.717) is 0 Å². The molecule has 1 aliphatic rings. The van der Waals surface area contributed by atoms with Gasteiger partial charge < -0.3 is 5.32 Å². The van der Waals surface area contributed by atoms with Crippen molar-refractivity contribution in [3.05, 3.63) is 0 Å². The van der Waals surface area contributed by atoms with E-state index in [2.05, 4.69) is 27.9 Å². The van der Waals surface area contributed by atoms with Gasteiger partial charge >= 0.3 is 0 Å². The van der Waals surface area contributed by atoms with Gasteiger partial charge in [0, 0.05) is 11.0 Å². The molecule has 1 nitrogen and oxygen atoms in total.